The average Bonchev–Trinajstić information content (AvgIpc) is 2.30. The van der Waals surface area contributed by atoms with Gasteiger partial charge in [0.1, 0.15) is 0 Å². The molecule has 2 N–H and O–H groups in total. The minimum atomic E-state index is -0.178. The van der Waals surface area contributed by atoms with Gasteiger partial charge in [0.15, 0.2) is 0 Å². The molecular weight excluding hydrogens is 214 g/mol. The van der Waals surface area contributed by atoms with Gasteiger partial charge in [0, 0.05) is 5.69 Å². The highest BCUT2D eigenvalue weighted by Gasteiger charge is 2.09. The largest absolute Gasteiger partial charge is 0.465 e. The Morgan fingerprint density at radius 3 is 2.65 bits per heavy atom. The van der Waals surface area contributed by atoms with Gasteiger partial charge in [-0.15, -0.1) is 0 Å². The van der Waals surface area contributed by atoms with Crippen molar-refractivity contribution in [3.05, 3.63) is 29.8 Å². The van der Waals surface area contributed by atoms with E-state index in [0.717, 1.165) is 18.4 Å². The highest BCUT2D eigenvalue weighted by atomic mass is 16.5. The van der Waals surface area contributed by atoms with Gasteiger partial charge in [0.25, 0.3) is 0 Å². The SMILES string of the molecule is CCC(CC)COC(=O)Cc1cccc(N)c1. The zero-order valence-corrected chi connectivity index (χ0v) is 10.6. The van der Waals surface area contributed by atoms with Gasteiger partial charge >= 0.3 is 5.97 Å². The first-order chi connectivity index (χ1) is 8.15. The van der Waals surface area contributed by atoms with Crippen molar-refractivity contribution in [1.29, 1.82) is 0 Å². The molecule has 0 spiro atoms. The quantitative estimate of drug-likeness (QED) is 0.609. The molecule has 3 heteroatoms. The monoisotopic (exact) mass is 235 g/mol. The van der Waals surface area contributed by atoms with Crippen molar-refractivity contribution in [3.63, 3.8) is 0 Å². The number of benzene rings is 1. The molecule has 1 rings (SSSR count). The Balaban J connectivity index is 2.39. The van der Waals surface area contributed by atoms with E-state index in [1.54, 1.807) is 12.1 Å². The molecule has 0 saturated carbocycles. The molecule has 0 aliphatic heterocycles. The first-order valence-corrected chi connectivity index (χ1v) is 6.15. The third kappa shape index (κ3) is 4.89. The summed E-state index contributed by atoms with van der Waals surface area (Å²) in [7, 11) is 0. The molecule has 0 unspecified atom stereocenters. The van der Waals surface area contributed by atoms with Gasteiger partial charge in [-0.05, 0) is 23.6 Å². The number of nitrogen functional groups attached to an aromatic ring is 1. The molecule has 0 heterocycles. The Morgan fingerprint density at radius 2 is 2.06 bits per heavy atom. The van der Waals surface area contributed by atoms with Crippen molar-refractivity contribution in [2.75, 3.05) is 12.3 Å². The van der Waals surface area contributed by atoms with Gasteiger partial charge in [0.05, 0.1) is 13.0 Å². The number of hydrogen-bond acceptors (Lipinski definition) is 3. The van der Waals surface area contributed by atoms with Gasteiger partial charge in [-0.1, -0.05) is 38.8 Å². The topological polar surface area (TPSA) is 52.3 Å². The first kappa shape index (κ1) is 13.6. The van der Waals surface area contributed by atoms with E-state index >= 15 is 0 Å². The zero-order valence-electron chi connectivity index (χ0n) is 10.6. The standard InChI is InChI=1S/C14H21NO2/c1-3-11(4-2)10-17-14(16)9-12-6-5-7-13(15)8-12/h5-8,11H,3-4,9-10,15H2,1-2H3. The maximum atomic E-state index is 11.6. The van der Waals surface area contributed by atoms with Crippen molar-refractivity contribution >= 4 is 11.7 Å². The van der Waals surface area contributed by atoms with Crippen LogP contribution in [0.25, 0.3) is 0 Å². The summed E-state index contributed by atoms with van der Waals surface area (Å²) in [6.07, 6.45) is 2.38. The molecule has 0 fully saturated rings. The summed E-state index contributed by atoms with van der Waals surface area (Å²) in [4.78, 5) is 11.6. The number of carbonyl (C=O) groups excluding carboxylic acids is 1. The number of anilines is 1. The third-order valence-electron chi connectivity index (χ3n) is 2.93. The first-order valence-electron chi connectivity index (χ1n) is 6.15. The molecule has 0 atom stereocenters. The van der Waals surface area contributed by atoms with Crippen LogP contribution >= 0.6 is 0 Å². The van der Waals surface area contributed by atoms with Crippen LogP contribution in [0, 0.1) is 5.92 Å². The smallest absolute Gasteiger partial charge is 0.310 e. The van der Waals surface area contributed by atoms with E-state index in [1.165, 1.54) is 0 Å². The lowest BCUT2D eigenvalue weighted by molar-refractivity contribution is -0.144. The van der Waals surface area contributed by atoms with Gasteiger partial charge in [-0.3, -0.25) is 4.79 Å². The Hall–Kier alpha value is -1.51. The second kappa shape index (κ2) is 6.94. The van der Waals surface area contributed by atoms with Gasteiger partial charge in [-0.2, -0.15) is 0 Å². The minimum absolute atomic E-state index is 0.178. The molecule has 0 radical (unpaired) electrons. The molecule has 1 aromatic carbocycles. The Bertz CT molecular complexity index is 359. The fourth-order valence-electron chi connectivity index (χ4n) is 1.66. The molecular formula is C14H21NO2. The summed E-state index contributed by atoms with van der Waals surface area (Å²) in [6.45, 7) is 4.74. The molecule has 3 nitrogen and oxygen atoms in total. The normalized spacial score (nSPS) is 10.5. The van der Waals surface area contributed by atoms with Crippen LogP contribution in [-0.4, -0.2) is 12.6 Å². The third-order valence-corrected chi connectivity index (χ3v) is 2.93. The maximum absolute atomic E-state index is 11.6. The highest BCUT2D eigenvalue weighted by molar-refractivity contribution is 5.73. The Kier molecular flexibility index (Phi) is 5.53. The van der Waals surface area contributed by atoms with Crippen LogP contribution in [0.2, 0.25) is 0 Å². The fourth-order valence-corrected chi connectivity index (χ4v) is 1.66. The zero-order chi connectivity index (χ0) is 12.7. The van der Waals surface area contributed by atoms with Crippen molar-refractivity contribution in [1.82, 2.24) is 0 Å². The molecule has 0 aliphatic carbocycles. The molecule has 0 bridgehead atoms. The minimum Gasteiger partial charge on any atom is -0.465 e. The Labute approximate surface area is 103 Å². The molecule has 0 amide bonds. The van der Waals surface area contributed by atoms with Crippen LogP contribution in [0.1, 0.15) is 32.3 Å². The molecule has 94 valence electrons. The fraction of sp³-hybridized carbons (Fsp3) is 0.500. The van der Waals surface area contributed by atoms with E-state index in [1.807, 2.05) is 12.1 Å². The number of rotatable bonds is 6. The van der Waals surface area contributed by atoms with Crippen LogP contribution in [0.15, 0.2) is 24.3 Å². The summed E-state index contributed by atoms with van der Waals surface area (Å²) in [5, 5.41) is 0. The second-order valence-corrected chi connectivity index (χ2v) is 4.29. The van der Waals surface area contributed by atoms with Gasteiger partial charge in [-0.25, -0.2) is 0 Å². The molecule has 0 saturated heterocycles. The number of carbonyl (C=O) groups is 1. The van der Waals surface area contributed by atoms with Crippen LogP contribution in [0.4, 0.5) is 5.69 Å². The van der Waals surface area contributed by atoms with Crippen molar-refractivity contribution in [2.45, 2.75) is 33.1 Å². The lowest BCUT2D eigenvalue weighted by Crippen LogP contribution is -2.14. The van der Waals surface area contributed by atoms with E-state index in [-0.39, 0.29) is 5.97 Å². The summed E-state index contributed by atoms with van der Waals surface area (Å²) in [5.41, 5.74) is 7.23. The van der Waals surface area contributed by atoms with Gasteiger partial charge in [0.2, 0.25) is 0 Å². The predicted octanol–water partition coefficient (Wildman–Crippen LogP) is 2.79. The van der Waals surface area contributed by atoms with Crippen LogP contribution in [-0.2, 0) is 16.0 Å². The summed E-state index contributed by atoms with van der Waals surface area (Å²) < 4.78 is 5.25. The number of nitrogens with two attached hydrogens (primary N) is 1. The maximum Gasteiger partial charge on any atom is 0.310 e. The van der Waals surface area contributed by atoms with E-state index in [9.17, 15) is 4.79 Å². The highest BCUT2D eigenvalue weighted by Crippen LogP contribution is 2.10. The van der Waals surface area contributed by atoms with E-state index in [0.29, 0.717) is 24.6 Å². The Morgan fingerprint density at radius 1 is 1.35 bits per heavy atom. The molecule has 0 aromatic heterocycles. The van der Waals surface area contributed by atoms with Gasteiger partial charge < -0.3 is 10.5 Å². The van der Waals surface area contributed by atoms with Crippen molar-refractivity contribution in [2.24, 2.45) is 5.92 Å². The van der Waals surface area contributed by atoms with Crippen molar-refractivity contribution < 1.29 is 9.53 Å². The lowest BCUT2D eigenvalue weighted by Gasteiger charge is -2.12. The number of ether oxygens (including phenoxy) is 1. The molecule has 1 aromatic rings. The van der Waals surface area contributed by atoms with Crippen LogP contribution < -0.4 is 5.73 Å². The van der Waals surface area contributed by atoms with E-state index < -0.39 is 0 Å². The number of esters is 1. The summed E-state index contributed by atoms with van der Waals surface area (Å²) in [6, 6.07) is 7.34. The summed E-state index contributed by atoms with van der Waals surface area (Å²) >= 11 is 0. The number of hydrogen-bond donors (Lipinski definition) is 1. The predicted molar refractivity (Wildman–Crippen MR) is 69.6 cm³/mol. The van der Waals surface area contributed by atoms with E-state index in [2.05, 4.69) is 13.8 Å². The summed E-state index contributed by atoms with van der Waals surface area (Å²) in [5.74, 6) is 0.294. The molecule has 0 aliphatic rings. The van der Waals surface area contributed by atoms with Crippen LogP contribution in [0.3, 0.4) is 0 Å². The lowest BCUT2D eigenvalue weighted by atomic mass is 10.1. The second-order valence-electron chi connectivity index (χ2n) is 4.29. The van der Waals surface area contributed by atoms with Crippen molar-refractivity contribution in [3.8, 4) is 0 Å². The van der Waals surface area contributed by atoms with Crippen LogP contribution in [0.5, 0.6) is 0 Å². The average molecular weight is 235 g/mol. The van der Waals surface area contributed by atoms with E-state index in [4.69, 9.17) is 10.5 Å². The molecule has 17 heavy (non-hydrogen) atoms.